The van der Waals surface area contributed by atoms with Crippen LogP contribution in [0.15, 0.2) is 48.5 Å². The molecule has 0 aromatic heterocycles. The molecule has 0 aliphatic carbocycles. The number of nitrogens with one attached hydrogen (secondary N) is 1. The van der Waals surface area contributed by atoms with Gasteiger partial charge in [0.1, 0.15) is 0 Å². The van der Waals surface area contributed by atoms with E-state index in [0.717, 1.165) is 23.8 Å². The molecule has 2 aromatic rings. The van der Waals surface area contributed by atoms with Crippen LogP contribution < -0.4 is 4.84 Å². The zero-order chi connectivity index (χ0) is 16.8. The van der Waals surface area contributed by atoms with Gasteiger partial charge in [0, 0.05) is 5.02 Å². The molecular weight excluding hydrogens is 340 g/mol. The summed E-state index contributed by atoms with van der Waals surface area (Å²) >= 11 is 11.5. The summed E-state index contributed by atoms with van der Waals surface area (Å²) < 4.78 is 18.3. The molecule has 6 heteroatoms. The van der Waals surface area contributed by atoms with E-state index in [1.165, 1.54) is 0 Å². The fourth-order valence-electron chi connectivity index (χ4n) is 2.23. The molecule has 0 amide bonds. The molecule has 0 saturated carbocycles. The van der Waals surface area contributed by atoms with E-state index in [1.807, 2.05) is 48.5 Å². The average molecular weight is 356 g/mol. The molecule has 0 fully saturated rings. The smallest absolute Gasteiger partial charge is 0.342 e. The van der Waals surface area contributed by atoms with E-state index in [1.54, 1.807) is 0 Å². The topological polar surface area (TPSA) is 38.3 Å². The van der Waals surface area contributed by atoms with Crippen LogP contribution in [0.25, 0.3) is 11.1 Å². The molecule has 2 atom stereocenters. The molecule has 0 heterocycles. The van der Waals surface area contributed by atoms with Gasteiger partial charge in [-0.05, 0) is 47.0 Å². The van der Waals surface area contributed by atoms with Gasteiger partial charge in [0.15, 0.2) is 0 Å². The second-order valence-electron chi connectivity index (χ2n) is 5.05. The van der Waals surface area contributed by atoms with Crippen molar-refractivity contribution in [2.45, 2.75) is 18.6 Å². The van der Waals surface area contributed by atoms with Crippen LogP contribution in [-0.2, 0) is 16.0 Å². The number of esters is 1. The monoisotopic (exact) mass is 355 g/mol. The molecule has 3 nitrogen and oxygen atoms in total. The van der Waals surface area contributed by atoms with Crippen LogP contribution in [0.4, 0.5) is 4.39 Å². The summed E-state index contributed by atoms with van der Waals surface area (Å²) in [6, 6.07) is 14.2. The van der Waals surface area contributed by atoms with E-state index in [0.29, 0.717) is 5.02 Å². The van der Waals surface area contributed by atoms with Gasteiger partial charge in [-0.2, -0.15) is 0 Å². The molecule has 0 spiro atoms. The zero-order valence-electron chi connectivity index (χ0n) is 12.4. The number of hydrogen-bond donors (Lipinski definition) is 1. The molecule has 2 aromatic carbocycles. The number of carbonyl (C=O) groups excluding carboxylic acids is 1. The first-order chi connectivity index (χ1) is 11.0. The van der Waals surface area contributed by atoms with Crippen LogP contribution in [0, 0.1) is 0 Å². The van der Waals surface area contributed by atoms with E-state index in [-0.39, 0.29) is 6.42 Å². The third kappa shape index (κ3) is 4.67. The van der Waals surface area contributed by atoms with Gasteiger partial charge in [-0.3, -0.25) is 0 Å². The fraction of sp³-hybridized carbons (Fsp3) is 0.235. The second kappa shape index (κ2) is 8.29. The van der Waals surface area contributed by atoms with Gasteiger partial charge >= 0.3 is 5.97 Å². The predicted molar refractivity (Wildman–Crippen MR) is 90.3 cm³/mol. The van der Waals surface area contributed by atoms with Crippen molar-refractivity contribution in [2.75, 3.05) is 7.11 Å². The quantitative estimate of drug-likeness (QED) is 0.624. The van der Waals surface area contributed by atoms with Gasteiger partial charge < -0.3 is 4.74 Å². The molecule has 23 heavy (non-hydrogen) atoms. The van der Waals surface area contributed by atoms with Crippen molar-refractivity contribution in [2.24, 2.45) is 0 Å². The fourth-order valence-corrected chi connectivity index (χ4v) is 2.61. The molecule has 122 valence electrons. The van der Waals surface area contributed by atoms with Gasteiger partial charge in [0.2, 0.25) is 6.17 Å². The number of benzene rings is 2. The van der Waals surface area contributed by atoms with Gasteiger partial charge in [-0.15, -0.1) is 0 Å². The largest absolute Gasteiger partial charge is 0.467 e. The Labute approximate surface area is 144 Å². The molecule has 0 bridgehead atoms. The predicted octanol–water partition coefficient (Wildman–Crippen LogP) is 4.17. The highest BCUT2D eigenvalue weighted by Crippen LogP contribution is 2.23. The van der Waals surface area contributed by atoms with Gasteiger partial charge in [-0.25, -0.2) is 14.0 Å². The molecule has 1 N–H and O–H groups in total. The maximum absolute atomic E-state index is 13.9. The summed E-state index contributed by atoms with van der Waals surface area (Å²) in [5.41, 5.74) is 2.84. The number of ether oxygens (including phenoxy) is 1. The number of rotatable bonds is 6. The van der Waals surface area contributed by atoms with E-state index in [4.69, 9.17) is 23.4 Å². The highest BCUT2D eigenvalue weighted by Gasteiger charge is 2.28. The van der Waals surface area contributed by atoms with E-state index >= 15 is 0 Å². The van der Waals surface area contributed by atoms with Crippen molar-refractivity contribution in [1.82, 2.24) is 4.84 Å². The number of alkyl halides is 1. The lowest BCUT2D eigenvalue weighted by atomic mass is 9.99. The summed E-state index contributed by atoms with van der Waals surface area (Å²) in [6.07, 6.45) is -1.57. The highest BCUT2D eigenvalue weighted by atomic mass is 35.5. The standard InChI is InChI=1S/C17H16Cl2FNO2/c1-23-17(22)16(20)15(21-19)9-11-5-7-12(8-6-11)13-3-2-4-14(18)10-13/h2-8,10,15-16,21H,9H2,1H3/t15-,16?/m1/s1. The molecular formula is C17H16Cl2FNO2. The minimum atomic E-state index is -1.83. The highest BCUT2D eigenvalue weighted by molar-refractivity contribution is 6.30. The SMILES string of the molecule is COC(=O)C(F)[C@@H](Cc1ccc(-c2cccc(Cl)c2)cc1)NCl. The van der Waals surface area contributed by atoms with E-state index in [9.17, 15) is 9.18 Å². The Kier molecular flexibility index (Phi) is 6.39. The van der Waals surface area contributed by atoms with Crippen LogP contribution in [0.3, 0.4) is 0 Å². The normalized spacial score (nSPS) is 13.4. The van der Waals surface area contributed by atoms with Crippen molar-refractivity contribution in [1.29, 1.82) is 0 Å². The third-order valence-electron chi connectivity index (χ3n) is 3.49. The Hall–Kier alpha value is -1.62. The maximum Gasteiger partial charge on any atom is 0.342 e. The van der Waals surface area contributed by atoms with Crippen LogP contribution in [0.2, 0.25) is 5.02 Å². The van der Waals surface area contributed by atoms with Crippen molar-refractivity contribution < 1.29 is 13.9 Å². The lowest BCUT2D eigenvalue weighted by Gasteiger charge is -2.17. The van der Waals surface area contributed by atoms with Crippen molar-refractivity contribution in [3.63, 3.8) is 0 Å². The van der Waals surface area contributed by atoms with Crippen molar-refractivity contribution >= 4 is 29.3 Å². The molecule has 0 radical (unpaired) electrons. The molecule has 1 unspecified atom stereocenters. The third-order valence-corrected chi connectivity index (χ3v) is 4.00. The minimum absolute atomic E-state index is 0.260. The summed E-state index contributed by atoms with van der Waals surface area (Å²) in [7, 11) is 1.14. The van der Waals surface area contributed by atoms with Crippen molar-refractivity contribution in [3.8, 4) is 11.1 Å². The first-order valence-electron chi connectivity index (χ1n) is 6.98. The van der Waals surface area contributed by atoms with E-state index in [2.05, 4.69) is 9.57 Å². The number of methoxy groups -OCH3 is 1. The Bertz CT molecular complexity index is 664. The average Bonchev–Trinajstić information content (AvgIpc) is 2.59. The molecule has 0 aliphatic rings. The molecule has 0 saturated heterocycles. The first kappa shape index (κ1) is 17.7. The Morgan fingerprint density at radius 1 is 1.22 bits per heavy atom. The number of halogens is 3. The van der Waals surface area contributed by atoms with Gasteiger partial charge in [0.05, 0.1) is 13.2 Å². The van der Waals surface area contributed by atoms with E-state index < -0.39 is 18.2 Å². The number of hydrogen-bond acceptors (Lipinski definition) is 3. The lowest BCUT2D eigenvalue weighted by Crippen LogP contribution is -2.39. The first-order valence-corrected chi connectivity index (χ1v) is 7.73. The molecule has 0 aliphatic heterocycles. The second-order valence-corrected chi connectivity index (χ2v) is 5.71. The maximum atomic E-state index is 13.9. The lowest BCUT2D eigenvalue weighted by molar-refractivity contribution is -0.147. The number of carbonyl (C=O) groups is 1. The Morgan fingerprint density at radius 3 is 2.48 bits per heavy atom. The Morgan fingerprint density at radius 2 is 1.91 bits per heavy atom. The van der Waals surface area contributed by atoms with Crippen LogP contribution in [0.1, 0.15) is 5.56 Å². The summed E-state index contributed by atoms with van der Waals surface area (Å²) in [6.45, 7) is 0. The van der Waals surface area contributed by atoms with Gasteiger partial charge in [0.25, 0.3) is 0 Å². The van der Waals surface area contributed by atoms with Gasteiger partial charge in [-0.1, -0.05) is 48.0 Å². The Balaban J connectivity index is 2.11. The minimum Gasteiger partial charge on any atom is -0.467 e. The summed E-state index contributed by atoms with van der Waals surface area (Å²) in [4.78, 5) is 13.6. The molecule has 2 rings (SSSR count). The van der Waals surface area contributed by atoms with Crippen LogP contribution >= 0.6 is 23.4 Å². The van der Waals surface area contributed by atoms with Crippen LogP contribution in [-0.4, -0.2) is 25.3 Å². The summed E-state index contributed by atoms with van der Waals surface area (Å²) in [5, 5.41) is 0.663. The zero-order valence-corrected chi connectivity index (χ0v) is 13.9. The summed E-state index contributed by atoms with van der Waals surface area (Å²) in [5.74, 6) is -0.946. The van der Waals surface area contributed by atoms with Crippen LogP contribution in [0.5, 0.6) is 0 Å². The van der Waals surface area contributed by atoms with Crippen molar-refractivity contribution in [3.05, 3.63) is 59.1 Å².